The summed E-state index contributed by atoms with van der Waals surface area (Å²) in [4.78, 5) is 4.22. The first kappa shape index (κ1) is 19.9. The molecule has 1 fully saturated rings. The number of ether oxygens (including phenoxy) is 2. The molecule has 0 amide bonds. The molecule has 3 rings (SSSR count). The van der Waals surface area contributed by atoms with Crippen LogP contribution in [0.2, 0.25) is 0 Å². The highest BCUT2D eigenvalue weighted by atomic mass is 19.3. The van der Waals surface area contributed by atoms with Crippen molar-refractivity contribution >= 4 is 0 Å². The Hall–Kier alpha value is -2.83. The minimum absolute atomic E-state index is 0.000833. The topological polar surface area (TPSA) is 81.2 Å². The maximum Gasteiger partial charge on any atom is 0.387 e. The molecule has 1 aliphatic rings. The SMILES string of the molecule is Cc1noc(C2CCC(C#N)(c3ccc(OC(F)F)c(OC(F)F)c3)CC2)n1. The van der Waals surface area contributed by atoms with Crippen molar-refractivity contribution in [2.75, 3.05) is 0 Å². The Morgan fingerprint density at radius 2 is 1.79 bits per heavy atom. The Kier molecular flexibility index (Phi) is 5.72. The number of alkyl halides is 4. The van der Waals surface area contributed by atoms with Gasteiger partial charge in [-0.25, -0.2) is 0 Å². The molecule has 0 aliphatic heterocycles. The van der Waals surface area contributed by atoms with E-state index in [0.717, 1.165) is 6.07 Å². The van der Waals surface area contributed by atoms with Gasteiger partial charge in [-0.3, -0.25) is 0 Å². The van der Waals surface area contributed by atoms with Crippen LogP contribution in [0.3, 0.4) is 0 Å². The van der Waals surface area contributed by atoms with Crippen LogP contribution in [0, 0.1) is 18.3 Å². The molecule has 28 heavy (non-hydrogen) atoms. The van der Waals surface area contributed by atoms with Crippen molar-refractivity contribution < 1.29 is 31.6 Å². The Morgan fingerprint density at radius 3 is 2.32 bits per heavy atom. The molecule has 10 heteroatoms. The summed E-state index contributed by atoms with van der Waals surface area (Å²) in [6, 6.07) is 5.97. The third kappa shape index (κ3) is 4.18. The standard InChI is InChI=1S/C18H17F4N3O3/c1-10-24-15(28-25-10)11-4-6-18(9-23,7-5-11)12-2-3-13(26-16(19)20)14(8-12)27-17(21)22/h2-3,8,11,16-17H,4-7H2,1H3. The zero-order valence-electron chi connectivity index (χ0n) is 14.9. The van der Waals surface area contributed by atoms with Crippen molar-refractivity contribution in [1.82, 2.24) is 10.1 Å². The highest BCUT2D eigenvalue weighted by molar-refractivity contribution is 5.47. The minimum Gasteiger partial charge on any atom is -0.431 e. The van der Waals surface area contributed by atoms with Gasteiger partial charge in [0.05, 0.1) is 11.5 Å². The van der Waals surface area contributed by atoms with Gasteiger partial charge in [0.1, 0.15) is 0 Å². The number of aryl methyl sites for hydroxylation is 1. The van der Waals surface area contributed by atoms with E-state index in [9.17, 15) is 22.8 Å². The lowest BCUT2D eigenvalue weighted by Crippen LogP contribution is -2.30. The quantitative estimate of drug-likeness (QED) is 0.655. The molecule has 1 aromatic carbocycles. The first-order valence-corrected chi connectivity index (χ1v) is 8.58. The van der Waals surface area contributed by atoms with Crippen LogP contribution in [0.5, 0.6) is 11.5 Å². The molecule has 0 bridgehead atoms. The molecule has 0 atom stereocenters. The van der Waals surface area contributed by atoms with Gasteiger partial charge in [-0.15, -0.1) is 0 Å². The molecule has 0 unspecified atom stereocenters. The second-order valence-electron chi connectivity index (χ2n) is 6.57. The van der Waals surface area contributed by atoms with Crippen LogP contribution in [-0.4, -0.2) is 23.4 Å². The van der Waals surface area contributed by atoms with Crippen LogP contribution >= 0.6 is 0 Å². The van der Waals surface area contributed by atoms with Crippen molar-refractivity contribution in [3.8, 4) is 17.6 Å². The van der Waals surface area contributed by atoms with E-state index < -0.39 is 30.1 Å². The number of nitrogens with zero attached hydrogens (tertiary/aromatic N) is 3. The van der Waals surface area contributed by atoms with Crippen molar-refractivity contribution in [2.24, 2.45) is 0 Å². The van der Waals surface area contributed by atoms with Crippen LogP contribution < -0.4 is 9.47 Å². The van der Waals surface area contributed by atoms with Gasteiger partial charge in [0, 0.05) is 5.92 Å². The molecule has 1 aliphatic carbocycles. The van der Waals surface area contributed by atoms with E-state index in [1.54, 1.807) is 6.92 Å². The van der Waals surface area contributed by atoms with Gasteiger partial charge >= 0.3 is 13.2 Å². The average molecular weight is 399 g/mol. The maximum atomic E-state index is 12.7. The average Bonchev–Trinajstić information content (AvgIpc) is 3.09. The Bertz CT molecular complexity index is 858. The van der Waals surface area contributed by atoms with Crippen molar-refractivity contribution in [1.29, 1.82) is 5.26 Å². The zero-order valence-corrected chi connectivity index (χ0v) is 14.9. The molecular formula is C18H17F4N3O3. The maximum absolute atomic E-state index is 12.7. The molecule has 0 N–H and O–H groups in total. The third-order valence-electron chi connectivity index (χ3n) is 4.87. The van der Waals surface area contributed by atoms with Gasteiger partial charge in [-0.2, -0.15) is 27.8 Å². The highest BCUT2D eigenvalue weighted by Crippen LogP contribution is 2.46. The van der Waals surface area contributed by atoms with Gasteiger partial charge in [0.25, 0.3) is 0 Å². The summed E-state index contributed by atoms with van der Waals surface area (Å²) in [5.74, 6) is -0.0119. The van der Waals surface area contributed by atoms with Crippen LogP contribution in [0.25, 0.3) is 0 Å². The molecule has 0 radical (unpaired) electrons. The van der Waals surface area contributed by atoms with Crippen LogP contribution in [0.15, 0.2) is 22.7 Å². The second kappa shape index (κ2) is 8.04. The lowest BCUT2D eigenvalue weighted by Gasteiger charge is -2.34. The monoisotopic (exact) mass is 399 g/mol. The largest absolute Gasteiger partial charge is 0.431 e. The predicted octanol–water partition coefficient (Wildman–Crippen LogP) is 4.70. The van der Waals surface area contributed by atoms with Crippen molar-refractivity contribution in [3.63, 3.8) is 0 Å². The van der Waals surface area contributed by atoms with Gasteiger partial charge in [0.2, 0.25) is 5.89 Å². The summed E-state index contributed by atoms with van der Waals surface area (Å²) < 4.78 is 64.1. The van der Waals surface area contributed by atoms with E-state index in [1.165, 1.54) is 12.1 Å². The molecule has 1 saturated carbocycles. The highest BCUT2D eigenvalue weighted by Gasteiger charge is 2.39. The minimum atomic E-state index is -3.22. The predicted molar refractivity (Wildman–Crippen MR) is 87.2 cm³/mol. The molecule has 1 aromatic heterocycles. The lowest BCUT2D eigenvalue weighted by atomic mass is 9.67. The van der Waals surface area contributed by atoms with Crippen LogP contribution in [0.1, 0.15) is 48.9 Å². The number of hydrogen-bond acceptors (Lipinski definition) is 6. The van der Waals surface area contributed by atoms with Gasteiger partial charge in [-0.05, 0) is 50.3 Å². The van der Waals surface area contributed by atoms with E-state index in [1.807, 2.05) is 0 Å². The van der Waals surface area contributed by atoms with E-state index in [4.69, 9.17) is 4.52 Å². The number of hydrogen-bond donors (Lipinski definition) is 0. The summed E-state index contributed by atoms with van der Waals surface area (Å²) in [5.41, 5.74) is -0.553. The van der Waals surface area contributed by atoms with Crippen molar-refractivity contribution in [3.05, 3.63) is 35.5 Å². The molecule has 6 nitrogen and oxygen atoms in total. The fourth-order valence-corrected chi connectivity index (χ4v) is 3.49. The normalized spacial score (nSPS) is 22.3. The number of nitriles is 1. The van der Waals surface area contributed by atoms with E-state index in [2.05, 4.69) is 25.7 Å². The molecule has 1 heterocycles. The summed E-state index contributed by atoms with van der Waals surface area (Å²) in [5, 5.41) is 13.6. The van der Waals surface area contributed by atoms with E-state index >= 15 is 0 Å². The Labute approximate surface area is 158 Å². The number of halogens is 4. The van der Waals surface area contributed by atoms with E-state index in [-0.39, 0.29) is 5.92 Å². The van der Waals surface area contributed by atoms with Crippen LogP contribution in [0.4, 0.5) is 17.6 Å². The molecule has 0 spiro atoms. The summed E-state index contributed by atoms with van der Waals surface area (Å²) in [6.07, 6.45) is 1.99. The third-order valence-corrected chi connectivity index (χ3v) is 4.87. The smallest absolute Gasteiger partial charge is 0.387 e. The zero-order chi connectivity index (χ0) is 20.3. The molecule has 2 aromatic rings. The van der Waals surface area contributed by atoms with Gasteiger partial charge < -0.3 is 14.0 Å². The number of aromatic nitrogens is 2. The fourth-order valence-electron chi connectivity index (χ4n) is 3.49. The molecule has 150 valence electrons. The van der Waals surface area contributed by atoms with E-state index in [0.29, 0.717) is 43.0 Å². The van der Waals surface area contributed by atoms with Gasteiger partial charge in [-0.1, -0.05) is 11.2 Å². The Balaban J connectivity index is 1.85. The summed E-state index contributed by atoms with van der Waals surface area (Å²) in [7, 11) is 0. The Morgan fingerprint density at radius 1 is 1.14 bits per heavy atom. The summed E-state index contributed by atoms with van der Waals surface area (Å²) in [6.45, 7) is -4.70. The fraction of sp³-hybridized carbons (Fsp3) is 0.500. The van der Waals surface area contributed by atoms with Crippen molar-refractivity contribution in [2.45, 2.75) is 57.2 Å². The number of benzene rings is 1. The van der Waals surface area contributed by atoms with Gasteiger partial charge in [0.15, 0.2) is 17.3 Å². The molecular weight excluding hydrogens is 382 g/mol. The lowest BCUT2D eigenvalue weighted by molar-refractivity contribution is -0.0693. The van der Waals surface area contributed by atoms with Crippen LogP contribution in [-0.2, 0) is 5.41 Å². The first-order chi connectivity index (χ1) is 13.3. The first-order valence-electron chi connectivity index (χ1n) is 8.58. The summed E-state index contributed by atoms with van der Waals surface area (Å²) >= 11 is 0. The second-order valence-corrected chi connectivity index (χ2v) is 6.57. The number of rotatable bonds is 6. The molecule has 0 saturated heterocycles.